The summed E-state index contributed by atoms with van der Waals surface area (Å²) in [5, 5.41) is 1.36. The lowest BCUT2D eigenvalue weighted by Gasteiger charge is -2.48. The number of rotatable bonds is 1. The molecular formula is C24H27NS. The quantitative estimate of drug-likeness (QED) is 0.457. The molecule has 0 bridgehead atoms. The van der Waals surface area contributed by atoms with Gasteiger partial charge in [0, 0.05) is 5.92 Å². The lowest BCUT2D eigenvalue weighted by Crippen LogP contribution is -2.41. The third-order valence-corrected chi connectivity index (χ3v) is 8.79. The fourth-order valence-corrected chi connectivity index (χ4v) is 6.83. The van der Waals surface area contributed by atoms with Crippen molar-refractivity contribution in [2.75, 3.05) is 0 Å². The summed E-state index contributed by atoms with van der Waals surface area (Å²) in [6, 6.07) is 15.8. The fraction of sp³-hybridized carbons (Fsp3) is 0.458. The van der Waals surface area contributed by atoms with E-state index in [0.29, 0.717) is 17.3 Å². The molecule has 2 aliphatic rings. The van der Waals surface area contributed by atoms with E-state index in [0.717, 1.165) is 0 Å². The van der Waals surface area contributed by atoms with Crippen LogP contribution in [0, 0.1) is 12.3 Å². The maximum Gasteiger partial charge on any atom is 0.0969 e. The van der Waals surface area contributed by atoms with Crippen LogP contribution in [0.3, 0.4) is 0 Å². The Morgan fingerprint density at radius 2 is 1.85 bits per heavy atom. The van der Waals surface area contributed by atoms with Crippen LogP contribution in [0.5, 0.6) is 0 Å². The van der Waals surface area contributed by atoms with Gasteiger partial charge in [-0.05, 0) is 66.2 Å². The van der Waals surface area contributed by atoms with E-state index < -0.39 is 0 Å². The van der Waals surface area contributed by atoms with Crippen LogP contribution < -0.4 is 0 Å². The summed E-state index contributed by atoms with van der Waals surface area (Å²) < 4.78 is 1.33. The highest BCUT2D eigenvalue weighted by atomic mass is 32.1. The van der Waals surface area contributed by atoms with Gasteiger partial charge in [-0.25, -0.2) is 4.98 Å². The van der Waals surface area contributed by atoms with E-state index >= 15 is 0 Å². The molecule has 5 rings (SSSR count). The molecule has 0 saturated heterocycles. The van der Waals surface area contributed by atoms with Crippen molar-refractivity contribution in [2.45, 2.75) is 64.2 Å². The van der Waals surface area contributed by atoms with Crippen molar-refractivity contribution in [3.05, 3.63) is 64.2 Å². The summed E-state index contributed by atoms with van der Waals surface area (Å²) >= 11 is 1.91. The Morgan fingerprint density at radius 1 is 1.04 bits per heavy atom. The standard InChI is InChI=1S/C24H27NS/c1-15-9-11-17-18-12-10-16(14-24(18,4)23(2,3)19(17)13-15)22-25-20-7-5-6-8-21(20)26-22/h5-9,11,13,16,18H,10,12,14H2,1-4H3. The van der Waals surface area contributed by atoms with E-state index in [1.807, 2.05) is 11.3 Å². The summed E-state index contributed by atoms with van der Waals surface area (Å²) in [5.74, 6) is 1.29. The van der Waals surface area contributed by atoms with Gasteiger partial charge in [-0.1, -0.05) is 56.7 Å². The largest absolute Gasteiger partial charge is 0.241 e. The van der Waals surface area contributed by atoms with E-state index in [2.05, 4.69) is 70.2 Å². The SMILES string of the molecule is Cc1ccc2c(c1)C(C)(C)C1(C)CC(c3nc4ccccc4s3)CCC21. The van der Waals surface area contributed by atoms with E-state index in [9.17, 15) is 0 Å². The van der Waals surface area contributed by atoms with Gasteiger partial charge in [-0.3, -0.25) is 0 Å². The Kier molecular flexibility index (Phi) is 3.44. The number of benzene rings is 2. The molecule has 2 heteroatoms. The summed E-state index contributed by atoms with van der Waals surface area (Å²) in [4.78, 5) is 5.01. The molecule has 1 fully saturated rings. The summed E-state index contributed by atoms with van der Waals surface area (Å²) in [7, 11) is 0. The molecule has 1 saturated carbocycles. The Bertz CT molecular complexity index is 965. The van der Waals surface area contributed by atoms with Gasteiger partial charge in [0.25, 0.3) is 0 Å². The zero-order valence-electron chi connectivity index (χ0n) is 16.2. The number of para-hydroxylation sites is 1. The number of aromatic nitrogens is 1. The van der Waals surface area contributed by atoms with Crippen LogP contribution in [-0.4, -0.2) is 4.98 Å². The zero-order chi connectivity index (χ0) is 18.1. The molecule has 3 aromatic rings. The molecule has 1 nitrogen and oxygen atoms in total. The maximum atomic E-state index is 5.01. The van der Waals surface area contributed by atoms with Crippen molar-refractivity contribution in [3.63, 3.8) is 0 Å². The van der Waals surface area contributed by atoms with Crippen LogP contribution in [0.15, 0.2) is 42.5 Å². The molecular weight excluding hydrogens is 334 g/mol. The Labute approximate surface area is 160 Å². The number of thiazole rings is 1. The predicted octanol–water partition coefficient (Wildman–Crippen LogP) is 6.95. The summed E-state index contributed by atoms with van der Waals surface area (Å²) in [6.45, 7) is 9.73. The highest BCUT2D eigenvalue weighted by Crippen LogP contribution is 2.66. The van der Waals surface area contributed by atoms with Crippen molar-refractivity contribution < 1.29 is 0 Å². The Hall–Kier alpha value is -1.67. The molecule has 1 aromatic heterocycles. The van der Waals surface area contributed by atoms with Crippen molar-refractivity contribution in [1.82, 2.24) is 4.98 Å². The number of hydrogen-bond acceptors (Lipinski definition) is 2. The first kappa shape index (κ1) is 16.5. The molecule has 2 aromatic carbocycles. The number of hydrogen-bond donors (Lipinski definition) is 0. The van der Waals surface area contributed by atoms with Crippen molar-refractivity contribution in [2.24, 2.45) is 5.41 Å². The smallest absolute Gasteiger partial charge is 0.0969 e. The molecule has 0 amide bonds. The van der Waals surface area contributed by atoms with Gasteiger partial charge in [0.1, 0.15) is 0 Å². The van der Waals surface area contributed by atoms with Crippen LogP contribution >= 0.6 is 11.3 Å². The molecule has 26 heavy (non-hydrogen) atoms. The van der Waals surface area contributed by atoms with Crippen molar-refractivity contribution in [1.29, 1.82) is 0 Å². The minimum atomic E-state index is 0.217. The molecule has 3 unspecified atom stereocenters. The van der Waals surface area contributed by atoms with Crippen LogP contribution in [0.25, 0.3) is 10.2 Å². The maximum absolute atomic E-state index is 5.01. The fourth-order valence-electron chi connectivity index (χ4n) is 5.73. The second kappa shape index (κ2) is 5.42. The van der Waals surface area contributed by atoms with E-state index in [1.54, 1.807) is 11.1 Å². The summed E-state index contributed by atoms with van der Waals surface area (Å²) in [5.41, 5.74) is 6.30. The van der Waals surface area contributed by atoms with E-state index in [4.69, 9.17) is 4.98 Å². The number of aryl methyl sites for hydroxylation is 1. The second-order valence-electron chi connectivity index (χ2n) is 9.18. The normalized spacial score (nSPS) is 29.5. The third-order valence-electron chi connectivity index (χ3n) is 7.59. The van der Waals surface area contributed by atoms with Crippen LogP contribution in [-0.2, 0) is 5.41 Å². The first-order chi connectivity index (χ1) is 12.4. The van der Waals surface area contributed by atoms with Gasteiger partial charge in [-0.15, -0.1) is 11.3 Å². The molecule has 0 N–H and O–H groups in total. The van der Waals surface area contributed by atoms with Crippen molar-refractivity contribution in [3.8, 4) is 0 Å². The molecule has 134 valence electrons. The number of fused-ring (bicyclic) bond motifs is 4. The van der Waals surface area contributed by atoms with Gasteiger partial charge in [0.05, 0.1) is 15.2 Å². The Balaban J connectivity index is 1.56. The van der Waals surface area contributed by atoms with Crippen LogP contribution in [0.1, 0.15) is 73.6 Å². The first-order valence-corrected chi connectivity index (χ1v) is 10.7. The first-order valence-electron chi connectivity index (χ1n) is 9.87. The average molecular weight is 362 g/mol. The Morgan fingerprint density at radius 3 is 2.65 bits per heavy atom. The predicted molar refractivity (Wildman–Crippen MR) is 111 cm³/mol. The molecule has 0 spiro atoms. The third kappa shape index (κ3) is 2.11. The van der Waals surface area contributed by atoms with Gasteiger partial charge >= 0.3 is 0 Å². The van der Waals surface area contributed by atoms with E-state index in [1.165, 1.54) is 40.1 Å². The molecule has 3 atom stereocenters. The lowest BCUT2D eigenvalue weighted by atomic mass is 9.56. The number of nitrogens with zero attached hydrogens (tertiary/aromatic N) is 1. The molecule has 1 heterocycles. The molecule has 2 aliphatic carbocycles. The van der Waals surface area contributed by atoms with Gasteiger partial charge in [0.2, 0.25) is 0 Å². The van der Waals surface area contributed by atoms with Gasteiger partial charge < -0.3 is 0 Å². The monoisotopic (exact) mass is 361 g/mol. The average Bonchev–Trinajstić information content (AvgIpc) is 3.12. The molecule has 0 aliphatic heterocycles. The highest BCUT2D eigenvalue weighted by molar-refractivity contribution is 7.18. The summed E-state index contributed by atoms with van der Waals surface area (Å²) in [6.07, 6.45) is 3.80. The van der Waals surface area contributed by atoms with E-state index in [-0.39, 0.29) is 5.41 Å². The minimum Gasteiger partial charge on any atom is -0.241 e. The molecule has 0 radical (unpaired) electrons. The van der Waals surface area contributed by atoms with Crippen molar-refractivity contribution >= 4 is 21.6 Å². The van der Waals surface area contributed by atoms with Crippen LogP contribution in [0.4, 0.5) is 0 Å². The topological polar surface area (TPSA) is 12.9 Å². The lowest BCUT2D eigenvalue weighted by molar-refractivity contribution is 0.0901. The second-order valence-corrected chi connectivity index (χ2v) is 10.2. The highest BCUT2D eigenvalue weighted by Gasteiger charge is 2.57. The van der Waals surface area contributed by atoms with Gasteiger partial charge in [-0.2, -0.15) is 0 Å². The van der Waals surface area contributed by atoms with Crippen LogP contribution in [0.2, 0.25) is 0 Å². The zero-order valence-corrected chi connectivity index (χ0v) is 17.0. The minimum absolute atomic E-state index is 0.217. The van der Waals surface area contributed by atoms with Gasteiger partial charge in [0.15, 0.2) is 0 Å².